The number of nitrogens with zero attached hydrogens (tertiary/aromatic N) is 2. The molecule has 7 aromatic rings. The summed E-state index contributed by atoms with van der Waals surface area (Å²) >= 11 is 0. The zero-order valence-electron chi connectivity index (χ0n) is 27.0. The molecule has 230 valence electrons. The van der Waals surface area contributed by atoms with Gasteiger partial charge < -0.3 is 0 Å². The molecule has 0 aliphatic heterocycles. The minimum absolute atomic E-state index is 0.558. The van der Waals surface area contributed by atoms with E-state index in [0.717, 1.165) is 39.4 Å². The van der Waals surface area contributed by atoms with Crippen LogP contribution in [-0.2, 0) is 6.54 Å². The van der Waals surface area contributed by atoms with Gasteiger partial charge in [0.2, 0.25) is 0 Å². The van der Waals surface area contributed by atoms with Crippen LogP contribution in [0.15, 0.2) is 198 Å². The summed E-state index contributed by atoms with van der Waals surface area (Å²) in [5.41, 5.74) is 13.6. The van der Waals surface area contributed by atoms with Gasteiger partial charge in [-0.05, 0) is 92.9 Å². The van der Waals surface area contributed by atoms with Crippen LogP contribution < -0.4 is 0 Å². The van der Waals surface area contributed by atoms with E-state index in [0.29, 0.717) is 6.54 Å². The molecule has 0 atom stereocenters. The van der Waals surface area contributed by atoms with Gasteiger partial charge in [-0.15, -0.1) is 0 Å². The molecule has 7 rings (SSSR count). The Labute approximate surface area is 283 Å². The molecular weight excluding hydrogens is 581 g/mol. The van der Waals surface area contributed by atoms with Gasteiger partial charge in [0.15, 0.2) is 5.84 Å². The minimum atomic E-state index is 0.558. The standard InChI is InChI=1S/C46H36N2/c1-34(36-18-8-3-9-19-36)48-46(47-33-35-16-6-2-7-17-35)42-27-15-25-40(29-42)39-24-14-26-41(28-39)45-31-43(37-20-10-4-11-21-37)30-44(32-45)38-22-12-5-13-23-38/h2-32H,33H2,1H3/b47-46-,48-34+. The third kappa shape index (κ3) is 7.30. The fraction of sp³-hybridized carbons (Fsp3) is 0.0435. The molecule has 0 saturated heterocycles. The molecule has 7 aromatic carbocycles. The van der Waals surface area contributed by atoms with Gasteiger partial charge in [0.25, 0.3) is 0 Å². The number of benzene rings is 7. The monoisotopic (exact) mass is 616 g/mol. The first kappa shape index (κ1) is 30.5. The Kier molecular flexibility index (Phi) is 9.25. The van der Waals surface area contributed by atoms with E-state index in [4.69, 9.17) is 9.98 Å². The average Bonchev–Trinajstić information content (AvgIpc) is 3.18. The number of hydrogen-bond donors (Lipinski definition) is 0. The molecule has 0 fully saturated rings. The average molecular weight is 617 g/mol. The second kappa shape index (κ2) is 14.5. The van der Waals surface area contributed by atoms with Crippen LogP contribution >= 0.6 is 0 Å². The van der Waals surface area contributed by atoms with Crippen molar-refractivity contribution in [1.82, 2.24) is 0 Å². The van der Waals surface area contributed by atoms with Crippen LogP contribution in [0.5, 0.6) is 0 Å². The summed E-state index contributed by atoms with van der Waals surface area (Å²) in [5.74, 6) is 0.723. The van der Waals surface area contributed by atoms with Gasteiger partial charge in [-0.1, -0.05) is 158 Å². The highest BCUT2D eigenvalue weighted by atomic mass is 14.9. The topological polar surface area (TPSA) is 24.7 Å². The Morgan fingerprint density at radius 3 is 1.35 bits per heavy atom. The first-order valence-corrected chi connectivity index (χ1v) is 16.4. The summed E-state index contributed by atoms with van der Waals surface area (Å²) < 4.78 is 0. The number of hydrogen-bond acceptors (Lipinski definition) is 1. The maximum atomic E-state index is 5.08. The molecule has 0 aliphatic rings. The van der Waals surface area contributed by atoms with Crippen molar-refractivity contribution in [2.24, 2.45) is 9.98 Å². The Hall–Kier alpha value is -6.12. The molecular formula is C46H36N2. The lowest BCUT2D eigenvalue weighted by Gasteiger charge is -2.13. The molecule has 2 nitrogen and oxygen atoms in total. The molecule has 0 aliphatic carbocycles. The lowest BCUT2D eigenvalue weighted by molar-refractivity contribution is 1.06. The largest absolute Gasteiger partial charge is 0.261 e. The highest BCUT2D eigenvalue weighted by Gasteiger charge is 2.11. The van der Waals surface area contributed by atoms with E-state index in [1.54, 1.807) is 0 Å². The van der Waals surface area contributed by atoms with Crippen LogP contribution in [0.3, 0.4) is 0 Å². The molecule has 0 spiro atoms. The smallest absolute Gasteiger partial charge is 0.155 e. The molecule has 2 heteroatoms. The highest BCUT2D eigenvalue weighted by Crippen LogP contribution is 2.34. The predicted molar refractivity (Wildman–Crippen MR) is 204 cm³/mol. The number of rotatable bonds is 8. The van der Waals surface area contributed by atoms with E-state index >= 15 is 0 Å². The second-order valence-electron chi connectivity index (χ2n) is 11.9. The van der Waals surface area contributed by atoms with Crippen molar-refractivity contribution in [1.29, 1.82) is 0 Å². The fourth-order valence-corrected chi connectivity index (χ4v) is 5.95. The lowest BCUT2D eigenvalue weighted by Crippen LogP contribution is -2.04. The van der Waals surface area contributed by atoms with Crippen LogP contribution in [0.1, 0.15) is 23.6 Å². The van der Waals surface area contributed by atoms with Crippen LogP contribution in [0.4, 0.5) is 0 Å². The summed E-state index contributed by atoms with van der Waals surface area (Å²) in [6.45, 7) is 2.61. The van der Waals surface area contributed by atoms with E-state index in [-0.39, 0.29) is 0 Å². The summed E-state index contributed by atoms with van der Waals surface area (Å²) in [6, 6.07) is 66.1. The number of amidine groups is 1. The van der Waals surface area contributed by atoms with Crippen LogP contribution in [0.25, 0.3) is 44.5 Å². The van der Waals surface area contributed by atoms with Crippen molar-refractivity contribution in [3.8, 4) is 44.5 Å². The molecule has 0 bridgehead atoms. The molecule has 48 heavy (non-hydrogen) atoms. The van der Waals surface area contributed by atoms with Crippen molar-refractivity contribution in [2.45, 2.75) is 13.5 Å². The van der Waals surface area contributed by atoms with Crippen molar-refractivity contribution < 1.29 is 0 Å². The molecule has 0 N–H and O–H groups in total. The van der Waals surface area contributed by atoms with E-state index in [1.807, 2.05) is 31.2 Å². The second-order valence-corrected chi connectivity index (χ2v) is 11.9. The minimum Gasteiger partial charge on any atom is -0.261 e. The third-order valence-corrected chi connectivity index (χ3v) is 8.52. The van der Waals surface area contributed by atoms with Crippen molar-refractivity contribution in [3.05, 3.63) is 205 Å². The van der Waals surface area contributed by atoms with Crippen molar-refractivity contribution in [2.75, 3.05) is 0 Å². The summed E-state index contributed by atoms with van der Waals surface area (Å²) in [6.07, 6.45) is 0. The fourth-order valence-electron chi connectivity index (χ4n) is 5.95. The normalized spacial score (nSPS) is 11.8. The quantitative estimate of drug-likeness (QED) is 0.120. The first-order valence-electron chi connectivity index (χ1n) is 16.4. The first-order chi connectivity index (χ1) is 23.7. The SMILES string of the molecule is C/C(=N\C(=N/Cc1ccccc1)c1cccc(-c2cccc(-c3cc(-c4ccccc4)cc(-c4ccccc4)c3)c2)c1)c1ccccc1. The molecule has 0 heterocycles. The maximum absolute atomic E-state index is 5.08. The zero-order valence-corrected chi connectivity index (χ0v) is 27.0. The van der Waals surface area contributed by atoms with E-state index in [2.05, 4.69) is 164 Å². The highest BCUT2D eigenvalue weighted by molar-refractivity contribution is 6.11. The Morgan fingerprint density at radius 1 is 0.375 bits per heavy atom. The van der Waals surface area contributed by atoms with Crippen LogP contribution in [0, 0.1) is 0 Å². The Balaban J connectivity index is 1.28. The lowest BCUT2D eigenvalue weighted by atomic mass is 9.92. The van der Waals surface area contributed by atoms with Crippen molar-refractivity contribution in [3.63, 3.8) is 0 Å². The van der Waals surface area contributed by atoms with Gasteiger partial charge in [-0.2, -0.15) is 0 Å². The van der Waals surface area contributed by atoms with Gasteiger partial charge in [-0.25, -0.2) is 4.99 Å². The zero-order chi connectivity index (χ0) is 32.5. The summed E-state index contributed by atoms with van der Waals surface area (Å²) in [7, 11) is 0. The van der Waals surface area contributed by atoms with Crippen LogP contribution in [-0.4, -0.2) is 11.5 Å². The van der Waals surface area contributed by atoms with Gasteiger partial charge in [0, 0.05) is 11.3 Å². The summed E-state index contributed by atoms with van der Waals surface area (Å²) in [4.78, 5) is 10.1. The predicted octanol–water partition coefficient (Wildman–Crippen LogP) is 11.8. The van der Waals surface area contributed by atoms with Gasteiger partial charge >= 0.3 is 0 Å². The van der Waals surface area contributed by atoms with Gasteiger partial charge in [0.1, 0.15) is 0 Å². The van der Waals surface area contributed by atoms with E-state index in [9.17, 15) is 0 Å². The number of aliphatic imine (C=N–C) groups is 2. The van der Waals surface area contributed by atoms with Gasteiger partial charge in [0.05, 0.1) is 6.54 Å². The maximum Gasteiger partial charge on any atom is 0.155 e. The molecule has 0 radical (unpaired) electrons. The molecule has 0 saturated carbocycles. The Morgan fingerprint density at radius 2 is 0.771 bits per heavy atom. The van der Waals surface area contributed by atoms with Crippen LogP contribution in [0.2, 0.25) is 0 Å². The molecule has 0 amide bonds. The van der Waals surface area contributed by atoms with Gasteiger partial charge in [-0.3, -0.25) is 4.99 Å². The third-order valence-electron chi connectivity index (χ3n) is 8.52. The summed E-state index contributed by atoms with van der Waals surface area (Å²) in [5, 5.41) is 0. The Bertz CT molecular complexity index is 2130. The van der Waals surface area contributed by atoms with Crippen molar-refractivity contribution >= 4 is 11.5 Å². The molecule has 0 unspecified atom stereocenters. The van der Waals surface area contributed by atoms with E-state index < -0.39 is 0 Å². The van der Waals surface area contributed by atoms with E-state index in [1.165, 1.54) is 33.4 Å². The molecule has 0 aromatic heterocycles.